The van der Waals surface area contributed by atoms with Gasteiger partial charge in [-0.15, -0.1) is 0 Å². The average molecular weight is 392 g/mol. The molecule has 0 radical (unpaired) electrons. The van der Waals surface area contributed by atoms with Gasteiger partial charge in [0.25, 0.3) is 0 Å². The molecule has 0 aliphatic heterocycles. The Kier molecular flexibility index (Phi) is 13.5. The highest BCUT2D eigenvalue weighted by atomic mass is 31.2. The predicted molar refractivity (Wildman–Crippen MR) is 110 cm³/mol. The van der Waals surface area contributed by atoms with E-state index in [1.165, 1.54) is 37.0 Å². The van der Waals surface area contributed by atoms with Crippen LogP contribution < -0.4 is 0 Å². The van der Waals surface area contributed by atoms with Crippen molar-refractivity contribution >= 4 is 13.5 Å². The maximum absolute atomic E-state index is 13.4. The highest BCUT2D eigenvalue weighted by Gasteiger charge is 2.43. The van der Waals surface area contributed by atoms with Gasteiger partial charge in [-0.05, 0) is 34.1 Å². The van der Waals surface area contributed by atoms with Crippen molar-refractivity contribution in [1.82, 2.24) is 4.90 Å². The van der Waals surface area contributed by atoms with E-state index < -0.39 is 13.3 Å². The van der Waals surface area contributed by atoms with Gasteiger partial charge < -0.3 is 13.9 Å². The van der Waals surface area contributed by atoms with E-state index in [4.69, 9.17) is 9.05 Å². The summed E-state index contributed by atoms with van der Waals surface area (Å²) in [5.74, 6) is -0.169. The molecule has 0 aromatic carbocycles. The van der Waals surface area contributed by atoms with Gasteiger partial charge in [0, 0.05) is 14.1 Å². The number of hydrogen-bond acceptors (Lipinski definition) is 4. The van der Waals surface area contributed by atoms with Gasteiger partial charge in [0.2, 0.25) is 5.91 Å². The number of hydrogen-bond donors (Lipinski definition) is 0. The molecule has 0 heterocycles. The van der Waals surface area contributed by atoms with Crippen LogP contribution in [0.2, 0.25) is 0 Å². The SMILES string of the molecule is CCCCCCCCCCC(C(=O)N(C)C)P(=O)(OC(C)C)OC(C)C. The van der Waals surface area contributed by atoms with Crippen LogP contribution in [0.4, 0.5) is 0 Å². The zero-order valence-electron chi connectivity index (χ0n) is 18.1. The summed E-state index contributed by atoms with van der Waals surface area (Å²) >= 11 is 0. The minimum absolute atomic E-state index is 0.169. The number of carbonyl (C=O) groups excluding carboxylic acids is 1. The van der Waals surface area contributed by atoms with E-state index >= 15 is 0 Å². The molecule has 0 saturated carbocycles. The molecule has 1 atom stereocenters. The van der Waals surface area contributed by atoms with E-state index in [9.17, 15) is 9.36 Å². The highest BCUT2D eigenvalue weighted by Crippen LogP contribution is 2.57. The normalized spacial score (nSPS) is 13.4. The Bertz CT molecular complexity index is 410. The molecule has 0 fully saturated rings. The lowest BCUT2D eigenvalue weighted by molar-refractivity contribution is -0.128. The topological polar surface area (TPSA) is 55.8 Å². The molecule has 0 aromatic rings. The number of amides is 1. The van der Waals surface area contributed by atoms with Crippen LogP contribution in [-0.4, -0.2) is 42.8 Å². The van der Waals surface area contributed by atoms with Crippen LogP contribution in [0.3, 0.4) is 0 Å². The van der Waals surface area contributed by atoms with Crippen molar-refractivity contribution in [2.24, 2.45) is 0 Å². The maximum Gasteiger partial charge on any atom is 0.343 e. The van der Waals surface area contributed by atoms with Crippen LogP contribution in [-0.2, 0) is 18.4 Å². The third kappa shape index (κ3) is 10.7. The van der Waals surface area contributed by atoms with Crippen LogP contribution in [0.15, 0.2) is 0 Å². The molecular formula is C20H42NO4P. The summed E-state index contributed by atoms with van der Waals surface area (Å²) in [4.78, 5) is 14.2. The second-order valence-corrected chi connectivity index (χ2v) is 9.98. The molecule has 156 valence electrons. The fourth-order valence-electron chi connectivity index (χ4n) is 2.95. The van der Waals surface area contributed by atoms with E-state index in [1.54, 1.807) is 14.1 Å². The quantitative estimate of drug-likeness (QED) is 0.253. The molecule has 0 spiro atoms. The predicted octanol–water partition coefficient (Wildman–Crippen LogP) is 6.02. The number of unbranched alkanes of at least 4 members (excludes halogenated alkanes) is 7. The summed E-state index contributed by atoms with van der Waals surface area (Å²) in [7, 11) is -0.128. The number of carbonyl (C=O) groups is 1. The van der Waals surface area contributed by atoms with Crippen LogP contribution in [0, 0.1) is 0 Å². The summed E-state index contributed by atoms with van der Waals surface area (Å²) < 4.78 is 24.8. The van der Waals surface area contributed by atoms with E-state index in [0.29, 0.717) is 6.42 Å². The molecule has 5 nitrogen and oxygen atoms in total. The minimum Gasteiger partial charge on any atom is -0.348 e. The van der Waals surface area contributed by atoms with Gasteiger partial charge in [-0.1, -0.05) is 58.3 Å². The molecule has 0 rings (SSSR count). The second kappa shape index (κ2) is 13.7. The van der Waals surface area contributed by atoms with Crippen LogP contribution in [0.25, 0.3) is 0 Å². The zero-order chi connectivity index (χ0) is 20.2. The van der Waals surface area contributed by atoms with Crippen molar-refractivity contribution < 1.29 is 18.4 Å². The van der Waals surface area contributed by atoms with Gasteiger partial charge in [0.15, 0.2) is 0 Å². The number of rotatable bonds is 15. The fraction of sp³-hybridized carbons (Fsp3) is 0.950. The molecule has 0 aliphatic carbocycles. The summed E-state index contributed by atoms with van der Waals surface area (Å²) in [6, 6.07) is 0. The van der Waals surface area contributed by atoms with Crippen molar-refractivity contribution in [2.75, 3.05) is 14.1 Å². The Balaban J connectivity index is 4.82. The van der Waals surface area contributed by atoms with Gasteiger partial charge >= 0.3 is 7.60 Å². The van der Waals surface area contributed by atoms with Crippen LogP contribution in [0.1, 0.15) is 92.4 Å². The lowest BCUT2D eigenvalue weighted by Crippen LogP contribution is -2.35. The fourth-order valence-corrected chi connectivity index (χ4v) is 5.47. The van der Waals surface area contributed by atoms with Crippen LogP contribution >= 0.6 is 7.60 Å². The van der Waals surface area contributed by atoms with E-state index in [0.717, 1.165) is 19.3 Å². The average Bonchev–Trinajstić information content (AvgIpc) is 2.50. The summed E-state index contributed by atoms with van der Waals surface area (Å²) in [5.41, 5.74) is -0.720. The Morgan fingerprint density at radius 1 is 0.846 bits per heavy atom. The van der Waals surface area contributed by atoms with E-state index in [-0.39, 0.29) is 18.1 Å². The smallest absolute Gasteiger partial charge is 0.343 e. The summed E-state index contributed by atoms with van der Waals surface area (Å²) in [6.07, 6.45) is 9.49. The Morgan fingerprint density at radius 2 is 1.27 bits per heavy atom. The van der Waals surface area contributed by atoms with Gasteiger partial charge in [0.1, 0.15) is 5.66 Å². The highest BCUT2D eigenvalue weighted by molar-refractivity contribution is 7.55. The third-order valence-electron chi connectivity index (χ3n) is 4.15. The third-order valence-corrected chi connectivity index (χ3v) is 6.83. The first-order chi connectivity index (χ1) is 12.1. The summed E-state index contributed by atoms with van der Waals surface area (Å²) in [5, 5.41) is 0. The lowest BCUT2D eigenvalue weighted by atomic mass is 10.1. The second-order valence-electron chi connectivity index (χ2n) is 7.86. The standard InChI is InChI=1S/C20H42NO4P/c1-8-9-10-11-12-13-14-15-16-19(20(22)21(6)7)26(23,24-17(2)3)25-18(4)5/h17-19H,8-16H2,1-7H3. The van der Waals surface area contributed by atoms with Gasteiger partial charge in [-0.3, -0.25) is 9.36 Å². The van der Waals surface area contributed by atoms with E-state index in [1.807, 2.05) is 27.7 Å². The Hall–Kier alpha value is -0.380. The van der Waals surface area contributed by atoms with Crippen molar-refractivity contribution in [1.29, 1.82) is 0 Å². The molecule has 6 heteroatoms. The van der Waals surface area contributed by atoms with Crippen molar-refractivity contribution in [2.45, 2.75) is 110 Å². The van der Waals surface area contributed by atoms with Crippen molar-refractivity contribution in [3.63, 3.8) is 0 Å². The van der Waals surface area contributed by atoms with Gasteiger partial charge in [-0.25, -0.2) is 0 Å². The molecule has 0 aliphatic rings. The molecule has 1 amide bonds. The molecule has 26 heavy (non-hydrogen) atoms. The van der Waals surface area contributed by atoms with Gasteiger partial charge in [-0.2, -0.15) is 0 Å². The van der Waals surface area contributed by atoms with Crippen molar-refractivity contribution in [3.8, 4) is 0 Å². The molecule has 0 aromatic heterocycles. The minimum atomic E-state index is -3.51. The first-order valence-electron chi connectivity index (χ1n) is 10.3. The first kappa shape index (κ1) is 25.6. The maximum atomic E-state index is 13.4. The largest absolute Gasteiger partial charge is 0.348 e. The molecule has 0 saturated heterocycles. The monoisotopic (exact) mass is 391 g/mol. The van der Waals surface area contributed by atoms with Crippen LogP contribution in [0.5, 0.6) is 0 Å². The van der Waals surface area contributed by atoms with Crippen molar-refractivity contribution in [3.05, 3.63) is 0 Å². The first-order valence-corrected chi connectivity index (χ1v) is 11.9. The Labute approximate surface area is 161 Å². The lowest BCUT2D eigenvalue weighted by Gasteiger charge is -2.30. The molecule has 1 unspecified atom stereocenters. The number of nitrogens with zero attached hydrogens (tertiary/aromatic N) is 1. The zero-order valence-corrected chi connectivity index (χ0v) is 19.0. The molecule has 0 bridgehead atoms. The van der Waals surface area contributed by atoms with Gasteiger partial charge in [0.05, 0.1) is 12.2 Å². The summed E-state index contributed by atoms with van der Waals surface area (Å²) in [6.45, 7) is 9.51. The van der Waals surface area contributed by atoms with E-state index in [2.05, 4.69) is 6.92 Å². The Morgan fingerprint density at radius 3 is 1.65 bits per heavy atom. The molecular weight excluding hydrogens is 349 g/mol. The molecule has 0 N–H and O–H groups in total.